The van der Waals surface area contributed by atoms with Gasteiger partial charge in [-0.05, 0) is 28.6 Å². The van der Waals surface area contributed by atoms with Gasteiger partial charge in [0, 0.05) is 10.4 Å². The molecule has 1 aromatic heterocycles. The predicted octanol–water partition coefficient (Wildman–Crippen LogP) is 5.31. The fourth-order valence-corrected chi connectivity index (χ4v) is 2.94. The quantitative estimate of drug-likeness (QED) is 0.470. The highest BCUT2D eigenvalue weighted by Crippen LogP contribution is 2.28. The van der Waals surface area contributed by atoms with Gasteiger partial charge in [-0.15, -0.1) is 11.3 Å². The third-order valence-electron chi connectivity index (χ3n) is 3.22. The Kier molecular flexibility index (Phi) is 4.08. The van der Waals surface area contributed by atoms with Crippen molar-refractivity contribution in [3.8, 4) is 10.4 Å². The third-order valence-corrected chi connectivity index (χ3v) is 4.12. The molecular weight excluding hydrogens is 276 g/mol. The molecule has 3 rings (SSSR count). The van der Waals surface area contributed by atoms with Gasteiger partial charge >= 0.3 is 0 Å². The molecule has 0 radical (unpaired) electrons. The smallest absolute Gasteiger partial charge is 0.185 e. The molecule has 1 heterocycles. The minimum atomic E-state index is 0.0246. The van der Waals surface area contributed by atoms with Crippen molar-refractivity contribution in [1.82, 2.24) is 0 Å². The molecule has 0 saturated carbocycles. The summed E-state index contributed by atoms with van der Waals surface area (Å²) in [5.74, 6) is 0.0246. The molecular formula is C19H14OS. The summed E-state index contributed by atoms with van der Waals surface area (Å²) in [5.41, 5.74) is 2.93. The minimum Gasteiger partial charge on any atom is -0.289 e. The lowest BCUT2D eigenvalue weighted by atomic mass is 10.0. The zero-order valence-electron chi connectivity index (χ0n) is 11.4. The maximum absolute atomic E-state index is 12.1. The number of carbonyl (C=O) groups is 1. The summed E-state index contributed by atoms with van der Waals surface area (Å²) in [7, 11) is 0. The molecule has 3 aromatic rings. The average Bonchev–Trinajstić information content (AvgIpc) is 3.08. The van der Waals surface area contributed by atoms with Gasteiger partial charge < -0.3 is 0 Å². The Morgan fingerprint density at radius 1 is 0.857 bits per heavy atom. The van der Waals surface area contributed by atoms with E-state index in [1.54, 1.807) is 17.4 Å². The highest BCUT2D eigenvalue weighted by atomic mass is 32.1. The van der Waals surface area contributed by atoms with Gasteiger partial charge in [0.25, 0.3) is 0 Å². The second-order valence-electron chi connectivity index (χ2n) is 4.63. The topological polar surface area (TPSA) is 17.1 Å². The first-order valence-electron chi connectivity index (χ1n) is 6.75. The zero-order valence-corrected chi connectivity index (χ0v) is 12.2. The number of thiophene rings is 1. The van der Waals surface area contributed by atoms with Crippen LogP contribution in [0.5, 0.6) is 0 Å². The van der Waals surface area contributed by atoms with Crippen LogP contribution in [0, 0.1) is 0 Å². The van der Waals surface area contributed by atoms with Crippen LogP contribution in [0.3, 0.4) is 0 Å². The number of carbonyl (C=O) groups excluding carboxylic acids is 1. The van der Waals surface area contributed by atoms with Crippen LogP contribution >= 0.6 is 11.3 Å². The average molecular weight is 290 g/mol. The largest absolute Gasteiger partial charge is 0.289 e. The first kappa shape index (κ1) is 13.5. The van der Waals surface area contributed by atoms with Crippen molar-refractivity contribution in [2.75, 3.05) is 0 Å². The summed E-state index contributed by atoms with van der Waals surface area (Å²) in [4.78, 5) is 13.3. The number of hydrogen-bond acceptors (Lipinski definition) is 2. The molecule has 1 nitrogen and oxygen atoms in total. The molecule has 2 heteroatoms. The van der Waals surface area contributed by atoms with Gasteiger partial charge in [-0.1, -0.05) is 66.7 Å². The van der Waals surface area contributed by atoms with Gasteiger partial charge in [-0.3, -0.25) is 4.79 Å². The van der Waals surface area contributed by atoms with E-state index in [9.17, 15) is 4.79 Å². The standard InChI is InChI=1S/C19H14OS/c20-18(16-8-2-1-3-9-16)13-12-15-7-4-5-10-17(15)19-11-6-14-21-19/h1-14H. The molecule has 0 spiro atoms. The lowest BCUT2D eigenvalue weighted by molar-refractivity contribution is 0.104. The first-order chi connectivity index (χ1) is 10.3. The van der Waals surface area contributed by atoms with E-state index in [-0.39, 0.29) is 5.78 Å². The van der Waals surface area contributed by atoms with E-state index in [4.69, 9.17) is 0 Å². The maximum atomic E-state index is 12.1. The fraction of sp³-hybridized carbons (Fsp3) is 0. The monoisotopic (exact) mass is 290 g/mol. The fourth-order valence-electron chi connectivity index (χ4n) is 2.16. The molecule has 2 aromatic carbocycles. The van der Waals surface area contributed by atoms with Crippen molar-refractivity contribution in [3.63, 3.8) is 0 Å². The van der Waals surface area contributed by atoms with E-state index in [2.05, 4.69) is 17.5 Å². The number of ketones is 1. The van der Waals surface area contributed by atoms with Crippen LogP contribution in [0.4, 0.5) is 0 Å². The van der Waals surface area contributed by atoms with Crippen molar-refractivity contribution in [2.24, 2.45) is 0 Å². The summed E-state index contributed by atoms with van der Waals surface area (Å²) >= 11 is 1.70. The van der Waals surface area contributed by atoms with Crippen molar-refractivity contribution in [2.45, 2.75) is 0 Å². The highest BCUT2D eigenvalue weighted by molar-refractivity contribution is 7.13. The summed E-state index contributed by atoms with van der Waals surface area (Å²) in [5, 5.41) is 2.06. The van der Waals surface area contributed by atoms with Crippen LogP contribution in [0.15, 0.2) is 78.2 Å². The van der Waals surface area contributed by atoms with Gasteiger partial charge in [0.2, 0.25) is 0 Å². The third kappa shape index (κ3) is 3.18. The van der Waals surface area contributed by atoms with Gasteiger partial charge in [0.05, 0.1) is 0 Å². The first-order valence-corrected chi connectivity index (χ1v) is 7.63. The number of rotatable bonds is 4. The van der Waals surface area contributed by atoms with E-state index in [0.29, 0.717) is 5.56 Å². The maximum Gasteiger partial charge on any atom is 0.185 e. The number of benzene rings is 2. The van der Waals surface area contributed by atoms with E-state index in [1.165, 1.54) is 4.88 Å². The molecule has 0 unspecified atom stereocenters. The lowest BCUT2D eigenvalue weighted by Gasteiger charge is -2.03. The van der Waals surface area contributed by atoms with Crippen molar-refractivity contribution >= 4 is 23.2 Å². The molecule has 0 aliphatic heterocycles. The Labute approximate surface area is 128 Å². The van der Waals surface area contributed by atoms with E-state index >= 15 is 0 Å². The molecule has 0 fully saturated rings. The molecule has 0 amide bonds. The summed E-state index contributed by atoms with van der Waals surface area (Å²) < 4.78 is 0. The van der Waals surface area contributed by atoms with E-state index < -0.39 is 0 Å². The number of allylic oxidation sites excluding steroid dienone is 1. The zero-order chi connectivity index (χ0) is 14.5. The molecule has 0 bridgehead atoms. The van der Waals surface area contributed by atoms with Crippen LogP contribution in [-0.4, -0.2) is 5.78 Å². The Morgan fingerprint density at radius 2 is 1.62 bits per heavy atom. The van der Waals surface area contributed by atoms with Crippen LogP contribution in [0.1, 0.15) is 15.9 Å². The molecule has 0 aliphatic rings. The second kappa shape index (κ2) is 6.33. The Morgan fingerprint density at radius 3 is 2.38 bits per heavy atom. The molecule has 21 heavy (non-hydrogen) atoms. The Balaban J connectivity index is 1.89. The molecule has 0 aliphatic carbocycles. The summed E-state index contributed by atoms with van der Waals surface area (Å²) in [6.45, 7) is 0. The van der Waals surface area contributed by atoms with Crippen molar-refractivity contribution < 1.29 is 4.79 Å². The molecule has 0 atom stereocenters. The van der Waals surface area contributed by atoms with Crippen molar-refractivity contribution in [3.05, 3.63) is 89.3 Å². The Bertz CT molecular complexity index is 755. The van der Waals surface area contributed by atoms with Crippen LogP contribution in [-0.2, 0) is 0 Å². The molecule has 0 N–H and O–H groups in total. The summed E-state index contributed by atoms with van der Waals surface area (Å²) in [6.07, 6.45) is 3.53. The van der Waals surface area contributed by atoms with Gasteiger partial charge in [0.1, 0.15) is 0 Å². The van der Waals surface area contributed by atoms with Gasteiger partial charge in [-0.2, -0.15) is 0 Å². The lowest BCUT2D eigenvalue weighted by Crippen LogP contribution is -1.93. The van der Waals surface area contributed by atoms with Crippen LogP contribution < -0.4 is 0 Å². The van der Waals surface area contributed by atoms with Crippen LogP contribution in [0.25, 0.3) is 16.5 Å². The minimum absolute atomic E-state index is 0.0246. The second-order valence-corrected chi connectivity index (χ2v) is 5.58. The van der Waals surface area contributed by atoms with Crippen molar-refractivity contribution in [1.29, 1.82) is 0 Å². The number of hydrogen-bond donors (Lipinski definition) is 0. The Hall–Kier alpha value is -2.45. The highest BCUT2D eigenvalue weighted by Gasteiger charge is 2.04. The molecule has 0 saturated heterocycles. The molecule has 102 valence electrons. The normalized spacial score (nSPS) is 10.9. The predicted molar refractivity (Wildman–Crippen MR) is 89.6 cm³/mol. The van der Waals surface area contributed by atoms with Gasteiger partial charge in [0.15, 0.2) is 5.78 Å². The van der Waals surface area contributed by atoms with Gasteiger partial charge in [-0.25, -0.2) is 0 Å². The van der Waals surface area contributed by atoms with Crippen LogP contribution in [0.2, 0.25) is 0 Å². The summed E-state index contributed by atoms with van der Waals surface area (Å²) in [6, 6.07) is 21.6. The van der Waals surface area contributed by atoms with E-state index in [0.717, 1.165) is 11.1 Å². The SMILES string of the molecule is O=C(C=Cc1ccccc1-c1cccs1)c1ccccc1. The van der Waals surface area contributed by atoms with E-state index in [1.807, 2.05) is 60.7 Å².